The maximum atomic E-state index is 12.4. The number of benzene rings is 1. The smallest absolute Gasteiger partial charge is 0.234 e. The lowest BCUT2D eigenvalue weighted by Gasteiger charge is -2.26. The lowest BCUT2D eigenvalue weighted by atomic mass is 10.1. The van der Waals surface area contributed by atoms with Gasteiger partial charge in [0.15, 0.2) is 0 Å². The van der Waals surface area contributed by atoms with Crippen molar-refractivity contribution in [3.63, 3.8) is 0 Å². The molecule has 1 aromatic heterocycles. The first-order chi connectivity index (χ1) is 11.4. The molecule has 0 radical (unpaired) electrons. The minimum atomic E-state index is -0.133. The van der Waals surface area contributed by atoms with Crippen LogP contribution in [0.3, 0.4) is 0 Å². The summed E-state index contributed by atoms with van der Waals surface area (Å²) in [4.78, 5) is 14.5. The van der Waals surface area contributed by atoms with Crippen LogP contribution in [0.4, 0.5) is 0 Å². The van der Waals surface area contributed by atoms with Crippen molar-refractivity contribution in [3.05, 3.63) is 58.5 Å². The minimum absolute atomic E-state index is 0.0283. The number of carbonyl (C=O) groups excluding carboxylic acids is 1. The molecule has 2 rings (SSSR count). The molecule has 1 unspecified atom stereocenters. The van der Waals surface area contributed by atoms with Crippen LogP contribution < -0.4 is 5.32 Å². The quantitative estimate of drug-likeness (QED) is 0.810. The predicted molar refractivity (Wildman–Crippen MR) is 97.0 cm³/mol. The first-order valence-corrected chi connectivity index (χ1v) is 8.57. The molecule has 2 aromatic rings. The largest absolute Gasteiger partial charge is 0.465 e. The number of hydrogen-bond acceptors (Lipinski definition) is 3. The highest BCUT2D eigenvalue weighted by Gasteiger charge is 2.18. The second kappa shape index (κ2) is 8.36. The van der Waals surface area contributed by atoms with E-state index in [4.69, 9.17) is 16.0 Å². The van der Waals surface area contributed by atoms with E-state index in [2.05, 4.69) is 24.1 Å². The van der Waals surface area contributed by atoms with Crippen molar-refractivity contribution in [2.24, 2.45) is 0 Å². The number of aryl methyl sites for hydroxylation is 1. The molecule has 24 heavy (non-hydrogen) atoms. The fraction of sp³-hybridized carbons (Fsp3) is 0.421. The molecule has 0 saturated carbocycles. The van der Waals surface area contributed by atoms with E-state index in [1.807, 2.05) is 50.2 Å². The zero-order valence-corrected chi connectivity index (χ0v) is 15.4. The van der Waals surface area contributed by atoms with Crippen molar-refractivity contribution in [1.82, 2.24) is 10.2 Å². The maximum absolute atomic E-state index is 12.4. The lowest BCUT2D eigenvalue weighted by Crippen LogP contribution is -2.41. The summed E-state index contributed by atoms with van der Waals surface area (Å²) in [5.74, 6) is 1.72. The van der Waals surface area contributed by atoms with Crippen LogP contribution in [-0.2, 0) is 11.3 Å². The average molecular weight is 349 g/mol. The van der Waals surface area contributed by atoms with Crippen LogP contribution in [0.5, 0.6) is 0 Å². The number of rotatable bonds is 7. The standard InChI is InChI=1S/C19H25ClN2O2/c1-13(2)22(11-16-10-9-14(3)24-16)12-19(23)21-15(4)17-7-5-6-8-18(17)20/h5-10,13,15H,11-12H2,1-4H3,(H,21,23). The van der Waals surface area contributed by atoms with Crippen molar-refractivity contribution in [3.8, 4) is 0 Å². The number of amides is 1. The van der Waals surface area contributed by atoms with Gasteiger partial charge >= 0.3 is 0 Å². The highest BCUT2D eigenvalue weighted by molar-refractivity contribution is 6.31. The highest BCUT2D eigenvalue weighted by atomic mass is 35.5. The SMILES string of the molecule is Cc1ccc(CN(CC(=O)NC(C)c2ccccc2Cl)C(C)C)o1. The number of furan rings is 1. The Morgan fingerprint density at radius 2 is 1.92 bits per heavy atom. The van der Waals surface area contributed by atoms with Crippen molar-refractivity contribution in [1.29, 1.82) is 0 Å². The Labute approximate surface area is 148 Å². The topological polar surface area (TPSA) is 45.5 Å². The summed E-state index contributed by atoms with van der Waals surface area (Å²) in [6.45, 7) is 8.92. The molecule has 1 aromatic carbocycles. The third-order valence-corrected chi connectivity index (χ3v) is 4.33. The molecular weight excluding hydrogens is 324 g/mol. The fourth-order valence-corrected chi connectivity index (χ4v) is 2.87. The molecule has 130 valence electrons. The summed E-state index contributed by atoms with van der Waals surface area (Å²) in [6, 6.07) is 11.6. The third-order valence-electron chi connectivity index (χ3n) is 3.98. The van der Waals surface area contributed by atoms with Gasteiger partial charge in [-0.05, 0) is 51.5 Å². The molecule has 0 aliphatic carbocycles. The van der Waals surface area contributed by atoms with Gasteiger partial charge in [0.25, 0.3) is 0 Å². The van der Waals surface area contributed by atoms with Crippen molar-refractivity contribution in [2.45, 2.75) is 46.3 Å². The summed E-state index contributed by atoms with van der Waals surface area (Å²) >= 11 is 6.19. The summed E-state index contributed by atoms with van der Waals surface area (Å²) in [5, 5.41) is 3.68. The average Bonchev–Trinajstić information content (AvgIpc) is 2.92. The van der Waals surface area contributed by atoms with Crippen LogP contribution >= 0.6 is 11.6 Å². The summed E-state index contributed by atoms with van der Waals surface area (Å²) in [6.07, 6.45) is 0. The number of nitrogens with one attached hydrogen (secondary N) is 1. The minimum Gasteiger partial charge on any atom is -0.465 e. The highest BCUT2D eigenvalue weighted by Crippen LogP contribution is 2.22. The monoisotopic (exact) mass is 348 g/mol. The van der Waals surface area contributed by atoms with Gasteiger partial charge in [0.05, 0.1) is 19.1 Å². The molecule has 0 spiro atoms. The molecule has 0 fully saturated rings. The van der Waals surface area contributed by atoms with Gasteiger partial charge in [0, 0.05) is 11.1 Å². The second-order valence-electron chi connectivity index (χ2n) is 6.32. The van der Waals surface area contributed by atoms with Crippen molar-refractivity contribution in [2.75, 3.05) is 6.54 Å². The number of hydrogen-bond donors (Lipinski definition) is 1. The van der Waals surface area contributed by atoms with Gasteiger partial charge in [-0.2, -0.15) is 0 Å². The predicted octanol–water partition coefficient (Wildman–Crippen LogP) is 4.33. The second-order valence-corrected chi connectivity index (χ2v) is 6.73. The van der Waals surface area contributed by atoms with Gasteiger partial charge in [-0.3, -0.25) is 9.69 Å². The van der Waals surface area contributed by atoms with Crippen LogP contribution in [0.15, 0.2) is 40.8 Å². The molecule has 4 nitrogen and oxygen atoms in total. The van der Waals surface area contributed by atoms with E-state index in [0.717, 1.165) is 17.1 Å². The van der Waals surface area contributed by atoms with Crippen molar-refractivity contribution < 1.29 is 9.21 Å². The molecule has 0 aliphatic rings. The third kappa shape index (κ3) is 5.11. The first-order valence-electron chi connectivity index (χ1n) is 8.20. The molecule has 1 heterocycles. The summed E-state index contributed by atoms with van der Waals surface area (Å²) in [7, 11) is 0. The molecule has 0 aliphatic heterocycles. The van der Waals surface area contributed by atoms with Crippen LogP contribution in [-0.4, -0.2) is 23.4 Å². The van der Waals surface area contributed by atoms with E-state index in [1.54, 1.807) is 0 Å². The molecular formula is C19H25ClN2O2. The Morgan fingerprint density at radius 1 is 1.21 bits per heavy atom. The zero-order chi connectivity index (χ0) is 17.7. The molecule has 5 heteroatoms. The van der Waals surface area contributed by atoms with Gasteiger partial charge in [-0.15, -0.1) is 0 Å². The van der Waals surface area contributed by atoms with Gasteiger partial charge < -0.3 is 9.73 Å². The van der Waals surface area contributed by atoms with Crippen LogP contribution in [0.25, 0.3) is 0 Å². The number of nitrogens with zero attached hydrogens (tertiary/aromatic N) is 1. The molecule has 0 bridgehead atoms. The number of carbonyl (C=O) groups is 1. The fourth-order valence-electron chi connectivity index (χ4n) is 2.57. The van der Waals surface area contributed by atoms with E-state index < -0.39 is 0 Å². The Hall–Kier alpha value is -1.78. The Balaban J connectivity index is 1.96. The van der Waals surface area contributed by atoms with Crippen LogP contribution in [0, 0.1) is 6.92 Å². The molecule has 1 atom stereocenters. The van der Waals surface area contributed by atoms with E-state index in [-0.39, 0.29) is 18.0 Å². The first kappa shape index (κ1) is 18.6. The molecule has 1 amide bonds. The Kier molecular flexibility index (Phi) is 6.46. The number of halogens is 1. The van der Waals surface area contributed by atoms with Gasteiger partial charge in [0.1, 0.15) is 11.5 Å². The van der Waals surface area contributed by atoms with E-state index >= 15 is 0 Å². The van der Waals surface area contributed by atoms with Crippen LogP contribution in [0.2, 0.25) is 5.02 Å². The van der Waals surface area contributed by atoms with Gasteiger partial charge in [-0.25, -0.2) is 0 Å². The summed E-state index contributed by atoms with van der Waals surface area (Å²) < 4.78 is 5.62. The Bertz CT molecular complexity index is 682. The van der Waals surface area contributed by atoms with E-state index in [0.29, 0.717) is 18.1 Å². The van der Waals surface area contributed by atoms with Gasteiger partial charge in [0.2, 0.25) is 5.91 Å². The lowest BCUT2D eigenvalue weighted by molar-refractivity contribution is -0.123. The van der Waals surface area contributed by atoms with E-state index in [1.165, 1.54) is 0 Å². The Morgan fingerprint density at radius 3 is 2.50 bits per heavy atom. The zero-order valence-electron chi connectivity index (χ0n) is 14.7. The van der Waals surface area contributed by atoms with Gasteiger partial charge in [-0.1, -0.05) is 29.8 Å². The van der Waals surface area contributed by atoms with Crippen LogP contribution in [0.1, 0.15) is 43.9 Å². The normalized spacial score (nSPS) is 12.6. The molecule has 1 N–H and O–H groups in total. The van der Waals surface area contributed by atoms with E-state index in [9.17, 15) is 4.79 Å². The molecule has 0 saturated heterocycles. The summed E-state index contributed by atoms with van der Waals surface area (Å²) in [5.41, 5.74) is 0.922. The maximum Gasteiger partial charge on any atom is 0.234 e. The van der Waals surface area contributed by atoms with Crippen molar-refractivity contribution >= 4 is 17.5 Å².